The molecule has 4 heterocycles. The maximum Gasteiger partial charge on any atom is 0.261 e. The van der Waals surface area contributed by atoms with Crippen LogP contribution in [-0.4, -0.2) is 48.6 Å². The second kappa shape index (κ2) is 9.01. The standard InChI is InChI=1S/C23H22N6O3/c30-21(15-31-18-6-2-1-3-7-18)29-12-5-4-8-19(29)23-26-22(27-32-23)17-9-10-25-20(14-17)28-13-11-24-16-28/h1-3,6-7,9-11,13-14,16,19H,4-5,8,12,15H2. The number of piperidine rings is 1. The Hall–Kier alpha value is -4.01. The van der Waals surface area contributed by atoms with Crippen LogP contribution in [-0.2, 0) is 4.79 Å². The van der Waals surface area contributed by atoms with Crippen molar-refractivity contribution in [3.8, 4) is 23.0 Å². The maximum atomic E-state index is 12.9. The lowest BCUT2D eigenvalue weighted by atomic mass is 10.0. The minimum Gasteiger partial charge on any atom is -0.484 e. The smallest absolute Gasteiger partial charge is 0.261 e. The van der Waals surface area contributed by atoms with Crippen LogP contribution >= 0.6 is 0 Å². The van der Waals surface area contributed by atoms with E-state index < -0.39 is 0 Å². The monoisotopic (exact) mass is 430 g/mol. The predicted octanol–water partition coefficient (Wildman–Crippen LogP) is 3.45. The summed E-state index contributed by atoms with van der Waals surface area (Å²) in [6.07, 6.45) is 9.58. The lowest BCUT2D eigenvalue weighted by Gasteiger charge is -2.33. The molecule has 0 N–H and O–H groups in total. The molecule has 0 spiro atoms. The number of amides is 1. The van der Waals surface area contributed by atoms with E-state index in [4.69, 9.17) is 9.26 Å². The molecule has 1 fully saturated rings. The van der Waals surface area contributed by atoms with Crippen molar-refractivity contribution in [2.24, 2.45) is 0 Å². The van der Waals surface area contributed by atoms with Gasteiger partial charge in [-0.05, 0) is 43.5 Å². The molecule has 0 aliphatic carbocycles. The summed E-state index contributed by atoms with van der Waals surface area (Å²) in [5, 5.41) is 4.16. The van der Waals surface area contributed by atoms with Crippen LogP contribution in [0.4, 0.5) is 0 Å². The van der Waals surface area contributed by atoms with Crippen molar-refractivity contribution in [3.63, 3.8) is 0 Å². The highest BCUT2D eigenvalue weighted by Gasteiger charge is 2.32. The number of nitrogens with zero attached hydrogens (tertiary/aromatic N) is 6. The van der Waals surface area contributed by atoms with E-state index in [0.717, 1.165) is 24.8 Å². The van der Waals surface area contributed by atoms with Crippen LogP contribution in [0, 0.1) is 0 Å². The zero-order valence-electron chi connectivity index (χ0n) is 17.4. The number of benzene rings is 1. The first-order valence-electron chi connectivity index (χ1n) is 10.5. The zero-order valence-corrected chi connectivity index (χ0v) is 17.4. The molecule has 3 aromatic heterocycles. The predicted molar refractivity (Wildman–Crippen MR) is 115 cm³/mol. The number of hydrogen-bond donors (Lipinski definition) is 0. The van der Waals surface area contributed by atoms with Crippen molar-refractivity contribution in [3.05, 3.63) is 73.3 Å². The van der Waals surface area contributed by atoms with E-state index in [2.05, 4.69) is 20.1 Å². The summed E-state index contributed by atoms with van der Waals surface area (Å²) in [5.74, 6) is 2.18. The largest absolute Gasteiger partial charge is 0.484 e. The Morgan fingerprint density at radius 3 is 2.91 bits per heavy atom. The average molecular weight is 430 g/mol. The minimum atomic E-state index is -0.258. The molecule has 162 valence electrons. The third kappa shape index (κ3) is 4.22. The van der Waals surface area contributed by atoms with Gasteiger partial charge in [-0.15, -0.1) is 0 Å². The van der Waals surface area contributed by atoms with E-state index in [1.807, 2.05) is 48.7 Å². The number of para-hydroxylation sites is 1. The van der Waals surface area contributed by atoms with Crippen molar-refractivity contribution >= 4 is 5.91 Å². The molecule has 1 aliphatic rings. The molecular formula is C23H22N6O3. The third-order valence-electron chi connectivity index (χ3n) is 5.43. The number of ether oxygens (including phenoxy) is 1. The van der Waals surface area contributed by atoms with Crippen molar-refractivity contribution in [1.82, 2.24) is 29.6 Å². The van der Waals surface area contributed by atoms with E-state index in [1.54, 1.807) is 28.2 Å². The highest BCUT2D eigenvalue weighted by Crippen LogP contribution is 2.31. The second-order valence-electron chi connectivity index (χ2n) is 7.53. The molecule has 0 radical (unpaired) electrons. The van der Waals surface area contributed by atoms with Crippen LogP contribution in [0.2, 0.25) is 0 Å². The quantitative estimate of drug-likeness (QED) is 0.462. The minimum absolute atomic E-state index is 0.0277. The molecule has 1 amide bonds. The molecule has 1 saturated heterocycles. The Labute approximate surface area is 184 Å². The van der Waals surface area contributed by atoms with E-state index in [-0.39, 0.29) is 18.6 Å². The number of imidazole rings is 1. The van der Waals surface area contributed by atoms with Crippen LogP contribution in [0.15, 0.2) is 71.9 Å². The molecule has 9 nitrogen and oxygen atoms in total. The number of pyridine rings is 1. The van der Waals surface area contributed by atoms with Crippen LogP contribution in [0.1, 0.15) is 31.2 Å². The van der Waals surface area contributed by atoms with Gasteiger partial charge in [-0.2, -0.15) is 4.98 Å². The van der Waals surface area contributed by atoms with Gasteiger partial charge in [-0.1, -0.05) is 23.4 Å². The Morgan fingerprint density at radius 2 is 2.06 bits per heavy atom. The summed E-state index contributed by atoms with van der Waals surface area (Å²) in [7, 11) is 0. The van der Waals surface area contributed by atoms with Gasteiger partial charge in [-0.25, -0.2) is 9.97 Å². The molecule has 1 aliphatic heterocycles. The number of aromatic nitrogens is 5. The summed E-state index contributed by atoms with van der Waals surface area (Å²) < 4.78 is 13.1. The summed E-state index contributed by atoms with van der Waals surface area (Å²) in [6, 6.07) is 12.8. The van der Waals surface area contributed by atoms with Gasteiger partial charge >= 0.3 is 0 Å². The van der Waals surface area contributed by atoms with Crippen molar-refractivity contribution in [1.29, 1.82) is 0 Å². The molecule has 1 unspecified atom stereocenters. The second-order valence-corrected chi connectivity index (χ2v) is 7.53. The van der Waals surface area contributed by atoms with Gasteiger partial charge in [0.15, 0.2) is 6.61 Å². The SMILES string of the molecule is O=C(COc1ccccc1)N1CCCCC1c1nc(-c2ccnc(-n3ccnc3)c2)no1. The van der Waals surface area contributed by atoms with Crippen LogP contribution < -0.4 is 4.74 Å². The molecule has 0 bridgehead atoms. The lowest BCUT2D eigenvalue weighted by molar-refractivity contribution is -0.138. The van der Waals surface area contributed by atoms with Gasteiger partial charge < -0.3 is 14.2 Å². The first kappa shape index (κ1) is 19.9. The van der Waals surface area contributed by atoms with Gasteiger partial charge in [0.1, 0.15) is 23.9 Å². The van der Waals surface area contributed by atoms with E-state index >= 15 is 0 Å². The van der Waals surface area contributed by atoms with Crippen LogP contribution in [0.25, 0.3) is 17.2 Å². The average Bonchev–Trinajstić information content (AvgIpc) is 3.56. The number of hydrogen-bond acceptors (Lipinski definition) is 7. The van der Waals surface area contributed by atoms with Gasteiger partial charge in [0, 0.05) is 30.7 Å². The molecular weight excluding hydrogens is 408 g/mol. The van der Waals surface area contributed by atoms with Crippen molar-refractivity contribution < 1.29 is 14.1 Å². The summed E-state index contributed by atoms with van der Waals surface area (Å²) in [5.41, 5.74) is 0.778. The van der Waals surface area contributed by atoms with Crippen molar-refractivity contribution in [2.75, 3.05) is 13.2 Å². The molecule has 1 atom stereocenters. The fraction of sp³-hybridized carbons (Fsp3) is 0.261. The van der Waals surface area contributed by atoms with E-state index in [9.17, 15) is 4.79 Å². The highest BCUT2D eigenvalue weighted by atomic mass is 16.5. The summed E-state index contributed by atoms with van der Waals surface area (Å²) >= 11 is 0. The number of likely N-dealkylation sites (tertiary alicyclic amines) is 1. The first-order valence-corrected chi connectivity index (χ1v) is 10.5. The zero-order chi connectivity index (χ0) is 21.8. The fourth-order valence-electron chi connectivity index (χ4n) is 3.81. The number of carbonyl (C=O) groups excluding carboxylic acids is 1. The maximum absolute atomic E-state index is 12.9. The normalized spacial score (nSPS) is 16.1. The van der Waals surface area contributed by atoms with Gasteiger partial charge in [0.25, 0.3) is 5.91 Å². The Kier molecular flexibility index (Phi) is 5.61. The van der Waals surface area contributed by atoms with E-state index in [0.29, 0.717) is 29.8 Å². The third-order valence-corrected chi connectivity index (χ3v) is 5.43. The lowest BCUT2D eigenvalue weighted by Crippen LogP contribution is -2.41. The summed E-state index contributed by atoms with van der Waals surface area (Å²) in [6.45, 7) is 0.611. The number of rotatable bonds is 6. The molecule has 4 aromatic rings. The molecule has 9 heteroatoms. The van der Waals surface area contributed by atoms with Gasteiger partial charge in [0.05, 0.1) is 0 Å². The highest BCUT2D eigenvalue weighted by molar-refractivity contribution is 5.78. The molecule has 5 rings (SSSR count). The van der Waals surface area contributed by atoms with Crippen molar-refractivity contribution in [2.45, 2.75) is 25.3 Å². The first-order chi connectivity index (χ1) is 15.8. The number of carbonyl (C=O) groups is 1. The molecule has 1 aromatic carbocycles. The van der Waals surface area contributed by atoms with Gasteiger partial charge in [-0.3, -0.25) is 9.36 Å². The summed E-state index contributed by atoms with van der Waals surface area (Å²) in [4.78, 5) is 27.7. The topological polar surface area (TPSA) is 99.2 Å². The molecule has 32 heavy (non-hydrogen) atoms. The van der Waals surface area contributed by atoms with E-state index in [1.165, 1.54) is 0 Å². The van der Waals surface area contributed by atoms with Crippen LogP contribution in [0.5, 0.6) is 5.75 Å². The van der Waals surface area contributed by atoms with Crippen LogP contribution in [0.3, 0.4) is 0 Å². The fourth-order valence-corrected chi connectivity index (χ4v) is 3.81. The Balaban J connectivity index is 1.33. The molecule has 0 saturated carbocycles. The Bertz CT molecular complexity index is 1180. The van der Waals surface area contributed by atoms with Gasteiger partial charge in [0.2, 0.25) is 11.7 Å². The Morgan fingerprint density at radius 1 is 1.16 bits per heavy atom.